The number of nitrogens with zero attached hydrogens (tertiary/aromatic N) is 1. The second kappa shape index (κ2) is 3.78. The van der Waals surface area contributed by atoms with Crippen molar-refractivity contribution < 1.29 is 4.79 Å². The minimum absolute atomic E-state index is 0.367. The Hall–Kier alpha value is -1.57. The second-order valence-electron chi connectivity index (χ2n) is 4.88. The number of allylic oxidation sites excluding steroid dienone is 1. The summed E-state index contributed by atoms with van der Waals surface area (Å²) in [5.41, 5.74) is 3.26. The van der Waals surface area contributed by atoms with Gasteiger partial charge in [0.05, 0.1) is 0 Å². The quantitative estimate of drug-likeness (QED) is 0.706. The van der Waals surface area contributed by atoms with Crippen LogP contribution in [0.25, 0.3) is 5.70 Å². The summed E-state index contributed by atoms with van der Waals surface area (Å²) in [6.07, 6.45) is 3.92. The van der Waals surface area contributed by atoms with E-state index in [9.17, 15) is 4.79 Å². The van der Waals surface area contributed by atoms with Gasteiger partial charge in [-0.3, -0.25) is 0 Å². The zero-order valence-corrected chi connectivity index (χ0v) is 10.0. The van der Waals surface area contributed by atoms with Crippen LogP contribution in [0.3, 0.4) is 0 Å². The van der Waals surface area contributed by atoms with Gasteiger partial charge in [0.1, 0.15) is 6.29 Å². The van der Waals surface area contributed by atoms with Gasteiger partial charge in [0.15, 0.2) is 0 Å². The number of hydrogen-bond donors (Lipinski definition) is 0. The molecule has 0 aromatic heterocycles. The molecule has 2 heteroatoms. The van der Waals surface area contributed by atoms with E-state index in [-0.39, 0.29) is 5.41 Å². The Morgan fingerprint density at radius 3 is 2.62 bits per heavy atom. The number of carbonyl (C=O) groups is 1. The first kappa shape index (κ1) is 10.9. The highest BCUT2D eigenvalue weighted by Crippen LogP contribution is 2.36. The molecule has 0 heterocycles. The van der Waals surface area contributed by atoms with Crippen LogP contribution >= 0.6 is 0 Å². The van der Waals surface area contributed by atoms with Crippen LogP contribution in [0.1, 0.15) is 18.1 Å². The van der Waals surface area contributed by atoms with Crippen molar-refractivity contribution in [3.63, 3.8) is 0 Å². The molecule has 1 atom stereocenters. The summed E-state index contributed by atoms with van der Waals surface area (Å²) in [6, 6.07) is 8.29. The molecular formula is C14H17NO. The fourth-order valence-electron chi connectivity index (χ4n) is 2.22. The van der Waals surface area contributed by atoms with Crippen molar-refractivity contribution in [2.24, 2.45) is 5.41 Å². The van der Waals surface area contributed by atoms with E-state index >= 15 is 0 Å². The molecule has 0 spiro atoms. The Labute approximate surface area is 96.6 Å². The maximum atomic E-state index is 11.2. The van der Waals surface area contributed by atoms with Gasteiger partial charge in [0.25, 0.3) is 0 Å². The monoisotopic (exact) mass is 215 g/mol. The summed E-state index contributed by atoms with van der Waals surface area (Å²) in [5, 5.41) is 0. The molecule has 0 saturated heterocycles. The van der Waals surface area contributed by atoms with E-state index in [1.54, 1.807) is 0 Å². The standard InChI is InChI=1S/C14H17NO/c1-14(10-16)8-11-6-4-5-7-12(11)13(9-14)15(2)3/h4-7,9-10H,8H2,1-3H3. The smallest absolute Gasteiger partial charge is 0.130 e. The SMILES string of the molecule is CN(C)C1=CC(C)(C=O)Cc2ccccc21. The third-order valence-electron chi connectivity index (χ3n) is 3.08. The van der Waals surface area contributed by atoms with Crippen LogP contribution in [0.2, 0.25) is 0 Å². The second-order valence-corrected chi connectivity index (χ2v) is 4.88. The average Bonchev–Trinajstić information content (AvgIpc) is 2.28. The molecule has 0 bridgehead atoms. The molecule has 2 nitrogen and oxygen atoms in total. The number of hydrogen-bond acceptors (Lipinski definition) is 2. The molecule has 0 amide bonds. The van der Waals surface area contributed by atoms with Gasteiger partial charge in [-0.2, -0.15) is 0 Å². The van der Waals surface area contributed by atoms with E-state index in [4.69, 9.17) is 0 Å². The first-order valence-electron chi connectivity index (χ1n) is 5.50. The molecule has 0 radical (unpaired) electrons. The summed E-state index contributed by atoms with van der Waals surface area (Å²) in [5.74, 6) is 0. The zero-order valence-electron chi connectivity index (χ0n) is 10.0. The van der Waals surface area contributed by atoms with Gasteiger partial charge in [-0.15, -0.1) is 0 Å². The zero-order chi connectivity index (χ0) is 11.8. The van der Waals surface area contributed by atoms with Crippen molar-refractivity contribution >= 4 is 12.0 Å². The Kier molecular flexibility index (Phi) is 2.58. The van der Waals surface area contributed by atoms with Crippen molar-refractivity contribution in [1.82, 2.24) is 4.90 Å². The Morgan fingerprint density at radius 1 is 1.31 bits per heavy atom. The van der Waals surface area contributed by atoms with E-state index < -0.39 is 0 Å². The lowest BCUT2D eigenvalue weighted by molar-refractivity contribution is -0.113. The molecule has 0 fully saturated rings. The van der Waals surface area contributed by atoms with Gasteiger partial charge in [-0.05, 0) is 25.0 Å². The van der Waals surface area contributed by atoms with E-state index in [1.807, 2.05) is 33.2 Å². The molecule has 2 rings (SSSR count). The molecule has 1 unspecified atom stereocenters. The molecule has 84 valence electrons. The molecule has 1 aromatic carbocycles. The summed E-state index contributed by atoms with van der Waals surface area (Å²) < 4.78 is 0. The third kappa shape index (κ3) is 1.75. The lowest BCUT2D eigenvalue weighted by atomic mass is 9.77. The number of rotatable bonds is 2. The van der Waals surface area contributed by atoms with E-state index in [2.05, 4.69) is 23.1 Å². The molecule has 0 saturated carbocycles. The highest BCUT2D eigenvalue weighted by Gasteiger charge is 2.29. The predicted molar refractivity (Wildman–Crippen MR) is 66.0 cm³/mol. The van der Waals surface area contributed by atoms with Gasteiger partial charge >= 0.3 is 0 Å². The van der Waals surface area contributed by atoms with Crippen LogP contribution in [0.5, 0.6) is 0 Å². The molecule has 1 aliphatic rings. The maximum Gasteiger partial charge on any atom is 0.130 e. The lowest BCUT2D eigenvalue weighted by Crippen LogP contribution is -2.27. The Bertz CT molecular complexity index is 448. The van der Waals surface area contributed by atoms with Crippen LogP contribution in [-0.4, -0.2) is 25.3 Å². The fourth-order valence-corrected chi connectivity index (χ4v) is 2.22. The van der Waals surface area contributed by atoms with Crippen LogP contribution in [0, 0.1) is 5.41 Å². The van der Waals surface area contributed by atoms with E-state index in [0.29, 0.717) is 0 Å². The van der Waals surface area contributed by atoms with Crippen molar-refractivity contribution in [3.8, 4) is 0 Å². The number of benzene rings is 1. The minimum atomic E-state index is -0.367. The lowest BCUT2D eigenvalue weighted by Gasteiger charge is -2.31. The van der Waals surface area contributed by atoms with Crippen molar-refractivity contribution in [3.05, 3.63) is 41.5 Å². The van der Waals surface area contributed by atoms with Gasteiger partial charge in [0, 0.05) is 30.8 Å². The number of carbonyl (C=O) groups excluding carboxylic acids is 1. The molecule has 1 aliphatic carbocycles. The van der Waals surface area contributed by atoms with Gasteiger partial charge in [0.2, 0.25) is 0 Å². The highest BCUT2D eigenvalue weighted by atomic mass is 16.1. The minimum Gasteiger partial charge on any atom is -0.377 e. The number of aldehydes is 1. The van der Waals surface area contributed by atoms with E-state index in [1.165, 1.54) is 11.1 Å². The van der Waals surface area contributed by atoms with Crippen LogP contribution in [0.4, 0.5) is 0 Å². The van der Waals surface area contributed by atoms with Crippen molar-refractivity contribution in [2.75, 3.05) is 14.1 Å². The summed E-state index contributed by atoms with van der Waals surface area (Å²) in [4.78, 5) is 13.3. The van der Waals surface area contributed by atoms with Gasteiger partial charge in [-0.25, -0.2) is 0 Å². The Balaban J connectivity index is 2.58. The molecule has 1 aromatic rings. The van der Waals surface area contributed by atoms with Crippen LogP contribution in [0.15, 0.2) is 30.3 Å². The fraction of sp³-hybridized carbons (Fsp3) is 0.357. The topological polar surface area (TPSA) is 20.3 Å². The van der Waals surface area contributed by atoms with Crippen molar-refractivity contribution in [1.29, 1.82) is 0 Å². The largest absolute Gasteiger partial charge is 0.377 e. The summed E-state index contributed by atoms with van der Waals surface area (Å²) in [7, 11) is 4.03. The first-order chi connectivity index (χ1) is 7.56. The van der Waals surface area contributed by atoms with Crippen molar-refractivity contribution in [2.45, 2.75) is 13.3 Å². The predicted octanol–water partition coefficient (Wildman–Crippen LogP) is 2.35. The van der Waals surface area contributed by atoms with Crippen LogP contribution < -0.4 is 0 Å². The number of fused-ring (bicyclic) bond motifs is 1. The van der Waals surface area contributed by atoms with Gasteiger partial charge in [-0.1, -0.05) is 24.3 Å². The Morgan fingerprint density at radius 2 is 2.00 bits per heavy atom. The first-order valence-corrected chi connectivity index (χ1v) is 5.50. The third-order valence-corrected chi connectivity index (χ3v) is 3.08. The maximum absolute atomic E-state index is 11.2. The molecule has 16 heavy (non-hydrogen) atoms. The highest BCUT2D eigenvalue weighted by molar-refractivity contribution is 5.76. The molecular weight excluding hydrogens is 198 g/mol. The summed E-state index contributed by atoms with van der Waals surface area (Å²) >= 11 is 0. The van der Waals surface area contributed by atoms with Gasteiger partial charge < -0.3 is 9.69 Å². The normalized spacial score (nSPS) is 23.3. The van der Waals surface area contributed by atoms with E-state index in [0.717, 1.165) is 18.4 Å². The molecule has 0 aliphatic heterocycles. The summed E-state index contributed by atoms with van der Waals surface area (Å²) in [6.45, 7) is 1.99. The van der Waals surface area contributed by atoms with Crippen LogP contribution in [-0.2, 0) is 11.2 Å². The molecule has 0 N–H and O–H groups in total. The average molecular weight is 215 g/mol.